The fraction of sp³-hybridized carbons (Fsp3) is 0.0714. The first-order valence-corrected chi connectivity index (χ1v) is 13.7. The van der Waals surface area contributed by atoms with Gasteiger partial charge in [0.05, 0.1) is 12.8 Å². The van der Waals surface area contributed by atoms with Gasteiger partial charge in [-0.3, -0.25) is 4.99 Å². The van der Waals surface area contributed by atoms with Crippen LogP contribution in [0.25, 0.3) is 0 Å². The Balaban J connectivity index is 0.000000444. The molecule has 0 aliphatic carbocycles. The molecule has 0 aliphatic rings. The third-order valence-electron chi connectivity index (χ3n) is 2.25. The second-order valence-corrected chi connectivity index (χ2v) is 20.2. The minimum atomic E-state index is -0.312. The number of methoxy groups -OCH3 is 1. The van der Waals surface area contributed by atoms with Crippen LogP contribution < -0.4 is 4.74 Å². The molecule has 0 bridgehead atoms. The van der Waals surface area contributed by atoms with E-state index in [2.05, 4.69) is 47.3 Å². The van der Waals surface area contributed by atoms with Crippen LogP contribution in [0.3, 0.4) is 0 Å². The zero-order chi connectivity index (χ0) is 14.8. The van der Waals surface area contributed by atoms with E-state index < -0.39 is 0 Å². The maximum absolute atomic E-state index is 5.24. The first kappa shape index (κ1) is 17.9. The van der Waals surface area contributed by atoms with Crippen molar-refractivity contribution >= 4 is 54.2 Å². The number of ether oxygens (including phenoxy) is 1. The van der Waals surface area contributed by atoms with E-state index in [9.17, 15) is 0 Å². The quantitative estimate of drug-likeness (QED) is 0.371. The van der Waals surface area contributed by atoms with E-state index in [1.807, 2.05) is 60.8 Å². The van der Waals surface area contributed by atoms with Crippen LogP contribution >= 0.6 is 42.3 Å². The van der Waals surface area contributed by atoms with E-state index in [0.717, 1.165) is 17.0 Å². The normalized spacial score (nSPS) is 10.7. The average molecular weight is 507 g/mol. The molecule has 0 atom stereocenters. The number of nitrogens with zero attached hydrogens (tertiary/aromatic N) is 1. The second kappa shape index (κ2) is 10.6. The van der Waals surface area contributed by atoms with E-state index in [0.29, 0.717) is 0 Å². The summed E-state index contributed by atoms with van der Waals surface area (Å²) in [6, 6.07) is 17.6. The molecule has 2 aromatic rings. The fourth-order valence-corrected chi connectivity index (χ4v) is 1.43. The molecule has 0 radical (unpaired) electrons. The Morgan fingerprint density at radius 1 is 0.950 bits per heavy atom. The van der Waals surface area contributed by atoms with Crippen molar-refractivity contribution in [1.82, 2.24) is 0 Å². The predicted octanol–water partition coefficient (Wildman–Crippen LogP) is 5.98. The monoisotopic (exact) mass is 504 g/mol. The molecule has 0 aliphatic heterocycles. The number of hydrogen-bond donors (Lipinski definition) is 0. The van der Waals surface area contributed by atoms with Crippen LogP contribution in [0.1, 0.15) is 5.56 Å². The standard InChI is InChI=1S/C14H13NO.3BrH.Fe/c1-16-14-10-6-5-7-12(14)11-15-13-8-3-2-4-9-13;;;;/h2-11H,1H3;3*1H;/q;;;;+3/p-3. The van der Waals surface area contributed by atoms with Gasteiger partial charge < -0.3 is 4.74 Å². The van der Waals surface area contributed by atoms with Gasteiger partial charge in [0.15, 0.2) is 0 Å². The molecule has 0 aromatic heterocycles. The predicted molar refractivity (Wildman–Crippen MR) is 93.5 cm³/mol. The summed E-state index contributed by atoms with van der Waals surface area (Å²) in [4.78, 5) is 4.38. The van der Waals surface area contributed by atoms with Crippen molar-refractivity contribution in [3.8, 4) is 5.75 Å². The van der Waals surface area contributed by atoms with Crippen molar-refractivity contribution < 1.29 is 13.2 Å². The fourth-order valence-electron chi connectivity index (χ4n) is 1.43. The summed E-state index contributed by atoms with van der Waals surface area (Å²) in [5.41, 5.74) is 1.92. The van der Waals surface area contributed by atoms with Gasteiger partial charge in [-0.1, -0.05) is 30.3 Å². The number of rotatable bonds is 3. The van der Waals surface area contributed by atoms with Gasteiger partial charge in [0.25, 0.3) is 0 Å². The minimum absolute atomic E-state index is 0.312. The van der Waals surface area contributed by atoms with E-state index in [4.69, 9.17) is 4.74 Å². The molecule has 109 valence electrons. The van der Waals surface area contributed by atoms with Gasteiger partial charge in [0.1, 0.15) is 5.75 Å². The molecule has 6 heteroatoms. The molecule has 0 unspecified atom stereocenters. The molecule has 0 saturated carbocycles. The molecule has 0 spiro atoms. The Kier molecular flexibility index (Phi) is 9.48. The van der Waals surface area contributed by atoms with Crippen LogP contribution in [0.5, 0.6) is 5.75 Å². The van der Waals surface area contributed by atoms with Crippen molar-refractivity contribution in [3.05, 3.63) is 60.2 Å². The van der Waals surface area contributed by atoms with Crippen molar-refractivity contribution in [1.29, 1.82) is 0 Å². The van der Waals surface area contributed by atoms with Crippen molar-refractivity contribution in [2.45, 2.75) is 0 Å². The summed E-state index contributed by atoms with van der Waals surface area (Å²) < 4.78 is 5.24. The first-order chi connectivity index (χ1) is 9.63. The SMILES string of the molecule is COc1ccccc1C=Nc1ccccc1.[Br][Fe]([Br])[Br]. The molecule has 0 fully saturated rings. The van der Waals surface area contributed by atoms with E-state index in [1.165, 1.54) is 0 Å². The summed E-state index contributed by atoms with van der Waals surface area (Å²) >= 11 is 9.56. The zero-order valence-corrected chi connectivity index (χ0v) is 16.5. The van der Waals surface area contributed by atoms with Crippen LogP contribution in [-0.4, -0.2) is 13.3 Å². The van der Waals surface area contributed by atoms with E-state index >= 15 is 0 Å². The zero-order valence-electron chi connectivity index (χ0n) is 10.6. The third kappa shape index (κ3) is 7.60. The van der Waals surface area contributed by atoms with Crippen LogP contribution in [0.2, 0.25) is 0 Å². The molecule has 2 aromatic carbocycles. The van der Waals surface area contributed by atoms with Crippen LogP contribution in [0.15, 0.2) is 59.6 Å². The Hall–Kier alpha value is -0.131. The Morgan fingerprint density at radius 2 is 1.50 bits per heavy atom. The Bertz CT molecular complexity index is 532. The van der Waals surface area contributed by atoms with Gasteiger partial charge in [0.2, 0.25) is 0 Å². The summed E-state index contributed by atoms with van der Waals surface area (Å²) in [6.07, 6.45) is 1.81. The number of aliphatic imine (C=N–C) groups is 1. The molecular formula is C14H13Br3FeNO. The number of benzene rings is 2. The van der Waals surface area contributed by atoms with Gasteiger partial charge in [-0.2, -0.15) is 0 Å². The molecule has 0 amide bonds. The molecule has 0 N–H and O–H groups in total. The van der Waals surface area contributed by atoms with Gasteiger partial charge in [-0.25, -0.2) is 0 Å². The molecule has 2 rings (SSSR count). The first-order valence-electron chi connectivity index (χ1n) is 5.52. The van der Waals surface area contributed by atoms with Crippen molar-refractivity contribution in [3.63, 3.8) is 0 Å². The molecule has 0 saturated heterocycles. The van der Waals surface area contributed by atoms with Crippen molar-refractivity contribution in [2.24, 2.45) is 4.99 Å². The maximum atomic E-state index is 5.24. The second-order valence-electron chi connectivity index (χ2n) is 3.49. The molecular weight excluding hydrogens is 494 g/mol. The topological polar surface area (TPSA) is 21.6 Å². The number of para-hydroxylation sites is 2. The summed E-state index contributed by atoms with van der Waals surface area (Å²) in [5, 5.41) is 0. The molecule has 2 nitrogen and oxygen atoms in total. The van der Waals surface area contributed by atoms with Crippen LogP contribution in [-0.2, 0) is 8.48 Å². The number of halogens is 3. The molecule has 20 heavy (non-hydrogen) atoms. The summed E-state index contributed by atoms with van der Waals surface area (Å²) in [7, 11) is 1.35. The van der Waals surface area contributed by atoms with Gasteiger partial charge in [0, 0.05) is 11.8 Å². The summed E-state index contributed by atoms with van der Waals surface area (Å²) in [5.74, 6) is 0.835. The Morgan fingerprint density at radius 3 is 2.10 bits per heavy atom. The summed E-state index contributed by atoms with van der Waals surface area (Å²) in [6.45, 7) is 0. The van der Waals surface area contributed by atoms with Crippen molar-refractivity contribution in [2.75, 3.05) is 7.11 Å². The Labute approximate surface area is 144 Å². The van der Waals surface area contributed by atoms with E-state index in [-0.39, 0.29) is 8.48 Å². The number of hydrogen-bond acceptors (Lipinski definition) is 2. The van der Waals surface area contributed by atoms with Crippen LogP contribution in [0.4, 0.5) is 5.69 Å². The van der Waals surface area contributed by atoms with Gasteiger partial charge in [-0.15, -0.1) is 0 Å². The van der Waals surface area contributed by atoms with Crippen LogP contribution in [0, 0.1) is 0 Å². The van der Waals surface area contributed by atoms with E-state index in [1.54, 1.807) is 7.11 Å². The third-order valence-corrected chi connectivity index (χ3v) is 2.25. The van der Waals surface area contributed by atoms with Gasteiger partial charge >= 0.3 is 50.8 Å². The molecule has 0 heterocycles. The average Bonchev–Trinajstić information content (AvgIpc) is 2.46. The van der Waals surface area contributed by atoms with Gasteiger partial charge in [-0.05, 0) is 24.3 Å².